The second-order valence-electron chi connectivity index (χ2n) is 5.05. The quantitative estimate of drug-likeness (QED) is 0.541. The van der Waals surface area contributed by atoms with Crippen molar-refractivity contribution in [1.29, 1.82) is 0 Å². The van der Waals surface area contributed by atoms with Crippen LogP contribution in [-0.2, 0) is 4.79 Å². The van der Waals surface area contributed by atoms with Crippen LogP contribution in [0, 0.1) is 6.92 Å². The van der Waals surface area contributed by atoms with Crippen molar-refractivity contribution in [1.82, 2.24) is 10.7 Å². The van der Waals surface area contributed by atoms with Crippen LogP contribution in [0.3, 0.4) is 0 Å². The topological polar surface area (TPSA) is 90.8 Å². The van der Waals surface area contributed by atoms with Crippen molar-refractivity contribution >= 4 is 34.0 Å². The van der Waals surface area contributed by atoms with Crippen LogP contribution in [-0.4, -0.2) is 29.7 Å². The van der Waals surface area contributed by atoms with Crippen LogP contribution in [0.4, 0.5) is 0 Å². The van der Waals surface area contributed by atoms with E-state index in [1.54, 1.807) is 30.3 Å². The number of benzene rings is 2. The third-order valence-electron chi connectivity index (χ3n) is 3.07. The first-order chi connectivity index (χ1) is 11.5. The molecule has 2 amide bonds. The van der Waals surface area contributed by atoms with Crippen molar-refractivity contribution in [3.8, 4) is 5.75 Å². The molecular formula is C17H16BrN3O3. The fraction of sp³-hybridized carbons (Fsp3) is 0.118. The van der Waals surface area contributed by atoms with Crippen molar-refractivity contribution in [2.75, 3.05) is 6.54 Å². The van der Waals surface area contributed by atoms with Gasteiger partial charge in [-0.1, -0.05) is 33.6 Å². The lowest BCUT2D eigenvalue weighted by atomic mass is 10.1. The summed E-state index contributed by atoms with van der Waals surface area (Å²) in [5.41, 5.74) is 4.19. The van der Waals surface area contributed by atoms with Gasteiger partial charge in [0.1, 0.15) is 5.75 Å². The van der Waals surface area contributed by atoms with Crippen molar-refractivity contribution in [2.24, 2.45) is 5.10 Å². The van der Waals surface area contributed by atoms with Crippen LogP contribution in [0.5, 0.6) is 5.75 Å². The van der Waals surface area contributed by atoms with E-state index in [1.807, 2.05) is 13.0 Å². The highest BCUT2D eigenvalue weighted by Gasteiger charge is 2.07. The maximum Gasteiger partial charge on any atom is 0.259 e. The maximum atomic E-state index is 11.9. The van der Waals surface area contributed by atoms with Gasteiger partial charge >= 0.3 is 0 Å². The van der Waals surface area contributed by atoms with E-state index >= 15 is 0 Å². The first-order valence-electron chi connectivity index (χ1n) is 7.11. The Balaban J connectivity index is 1.84. The summed E-state index contributed by atoms with van der Waals surface area (Å²) in [5, 5.41) is 15.9. The molecule has 0 aliphatic rings. The van der Waals surface area contributed by atoms with E-state index in [9.17, 15) is 14.7 Å². The van der Waals surface area contributed by atoms with Crippen LogP contribution in [0.1, 0.15) is 21.5 Å². The molecule has 0 unspecified atom stereocenters. The van der Waals surface area contributed by atoms with Crippen molar-refractivity contribution in [3.63, 3.8) is 0 Å². The zero-order valence-electron chi connectivity index (χ0n) is 12.9. The number of phenolic OH excluding ortho intramolecular Hbond substituents is 1. The summed E-state index contributed by atoms with van der Waals surface area (Å²) in [6, 6.07) is 11.9. The average molecular weight is 390 g/mol. The van der Waals surface area contributed by atoms with Gasteiger partial charge in [0.15, 0.2) is 0 Å². The van der Waals surface area contributed by atoms with Gasteiger partial charge in [0.2, 0.25) is 0 Å². The van der Waals surface area contributed by atoms with Gasteiger partial charge in [0.05, 0.1) is 12.8 Å². The molecule has 2 rings (SSSR count). The number of nitrogens with one attached hydrogen (secondary N) is 2. The van der Waals surface area contributed by atoms with Crippen molar-refractivity contribution in [2.45, 2.75) is 6.92 Å². The summed E-state index contributed by atoms with van der Waals surface area (Å²) in [5.74, 6) is -0.756. The predicted octanol–water partition coefficient (Wildman–Crippen LogP) is 2.34. The Morgan fingerprint density at radius 3 is 2.79 bits per heavy atom. The summed E-state index contributed by atoms with van der Waals surface area (Å²) >= 11 is 3.28. The summed E-state index contributed by atoms with van der Waals surface area (Å²) in [7, 11) is 0. The van der Waals surface area contributed by atoms with Gasteiger partial charge in [-0.15, -0.1) is 0 Å². The Bertz CT molecular complexity index is 790. The zero-order valence-corrected chi connectivity index (χ0v) is 14.5. The molecule has 0 spiro atoms. The maximum absolute atomic E-state index is 11.9. The highest BCUT2D eigenvalue weighted by atomic mass is 79.9. The third kappa shape index (κ3) is 5.20. The van der Waals surface area contributed by atoms with Crippen LogP contribution in [0.2, 0.25) is 0 Å². The average Bonchev–Trinajstić information content (AvgIpc) is 2.56. The highest BCUT2D eigenvalue weighted by Crippen LogP contribution is 2.19. The highest BCUT2D eigenvalue weighted by molar-refractivity contribution is 9.10. The van der Waals surface area contributed by atoms with E-state index in [1.165, 1.54) is 12.3 Å². The number of rotatable bonds is 5. The number of carbonyl (C=O) groups is 2. The van der Waals surface area contributed by atoms with E-state index in [4.69, 9.17) is 0 Å². The molecule has 3 N–H and O–H groups in total. The number of nitrogens with zero attached hydrogens (tertiary/aromatic N) is 1. The molecule has 0 saturated carbocycles. The molecule has 0 fully saturated rings. The SMILES string of the molecule is Cc1cccc(C(=O)NCC(=O)NN=Cc2cc(Br)ccc2O)c1. The fourth-order valence-electron chi connectivity index (χ4n) is 1.89. The van der Waals surface area contributed by atoms with Gasteiger partial charge in [0.25, 0.3) is 11.8 Å². The lowest BCUT2D eigenvalue weighted by molar-refractivity contribution is -0.120. The van der Waals surface area contributed by atoms with E-state index in [0.29, 0.717) is 11.1 Å². The molecule has 0 aliphatic carbocycles. The fourth-order valence-corrected chi connectivity index (χ4v) is 2.27. The first kappa shape index (κ1) is 17.7. The Morgan fingerprint density at radius 2 is 2.04 bits per heavy atom. The smallest absolute Gasteiger partial charge is 0.259 e. The number of phenols is 1. The van der Waals surface area contributed by atoms with E-state index in [-0.39, 0.29) is 18.2 Å². The van der Waals surface area contributed by atoms with Gasteiger partial charge in [-0.05, 0) is 37.3 Å². The number of hydrazone groups is 1. The second-order valence-corrected chi connectivity index (χ2v) is 5.96. The minimum Gasteiger partial charge on any atom is -0.507 e. The molecular weight excluding hydrogens is 374 g/mol. The Labute approximate surface area is 147 Å². The zero-order chi connectivity index (χ0) is 17.5. The summed E-state index contributed by atoms with van der Waals surface area (Å²) in [6.07, 6.45) is 1.32. The summed E-state index contributed by atoms with van der Waals surface area (Å²) in [4.78, 5) is 23.6. The number of amides is 2. The molecule has 2 aromatic carbocycles. The largest absolute Gasteiger partial charge is 0.507 e. The van der Waals surface area contributed by atoms with E-state index in [2.05, 4.69) is 31.8 Å². The minimum atomic E-state index is -0.471. The number of hydrogen-bond acceptors (Lipinski definition) is 4. The second kappa shape index (κ2) is 8.26. The number of halogens is 1. The number of aromatic hydroxyl groups is 1. The molecule has 0 bridgehead atoms. The molecule has 0 radical (unpaired) electrons. The first-order valence-corrected chi connectivity index (χ1v) is 7.90. The number of aryl methyl sites for hydroxylation is 1. The molecule has 0 saturated heterocycles. The third-order valence-corrected chi connectivity index (χ3v) is 3.57. The molecule has 0 aromatic heterocycles. The lowest BCUT2D eigenvalue weighted by Gasteiger charge is -2.05. The Hall–Kier alpha value is -2.67. The summed E-state index contributed by atoms with van der Waals surface area (Å²) in [6.45, 7) is 1.68. The Kier molecular flexibility index (Phi) is 6.08. The molecule has 24 heavy (non-hydrogen) atoms. The molecule has 2 aromatic rings. The van der Waals surface area contributed by atoms with Gasteiger partial charge < -0.3 is 10.4 Å². The molecule has 7 heteroatoms. The van der Waals surface area contributed by atoms with Crippen molar-refractivity contribution < 1.29 is 14.7 Å². The normalized spacial score (nSPS) is 10.6. The number of hydrogen-bond donors (Lipinski definition) is 3. The van der Waals surface area contributed by atoms with Crippen molar-refractivity contribution in [3.05, 3.63) is 63.6 Å². The predicted molar refractivity (Wildman–Crippen MR) is 95.1 cm³/mol. The van der Waals surface area contributed by atoms with Gasteiger partial charge in [0, 0.05) is 15.6 Å². The molecule has 0 heterocycles. The molecule has 124 valence electrons. The molecule has 0 atom stereocenters. The van der Waals surface area contributed by atoms with Gasteiger partial charge in [-0.25, -0.2) is 5.43 Å². The monoisotopic (exact) mass is 389 g/mol. The Morgan fingerprint density at radius 1 is 1.25 bits per heavy atom. The van der Waals surface area contributed by atoms with E-state index < -0.39 is 5.91 Å². The van der Waals surface area contributed by atoms with Crippen LogP contribution in [0.15, 0.2) is 52.0 Å². The van der Waals surface area contributed by atoms with Gasteiger partial charge in [-0.2, -0.15) is 5.10 Å². The number of carbonyl (C=O) groups excluding carboxylic acids is 2. The minimum absolute atomic E-state index is 0.0453. The molecule has 6 nitrogen and oxygen atoms in total. The lowest BCUT2D eigenvalue weighted by Crippen LogP contribution is -2.34. The van der Waals surface area contributed by atoms with E-state index in [0.717, 1.165) is 10.0 Å². The van der Waals surface area contributed by atoms with Crippen LogP contribution >= 0.6 is 15.9 Å². The van der Waals surface area contributed by atoms with Crippen LogP contribution in [0.25, 0.3) is 0 Å². The molecule has 0 aliphatic heterocycles. The van der Waals surface area contributed by atoms with Crippen LogP contribution < -0.4 is 10.7 Å². The standard InChI is InChI=1S/C17H16BrN3O3/c1-11-3-2-4-12(7-11)17(24)19-10-16(23)21-20-9-13-8-14(18)5-6-15(13)22/h2-9,22H,10H2,1H3,(H,19,24)(H,21,23). The van der Waals surface area contributed by atoms with Gasteiger partial charge in [-0.3, -0.25) is 9.59 Å². The summed E-state index contributed by atoms with van der Waals surface area (Å²) < 4.78 is 0.776.